The van der Waals surface area contributed by atoms with Gasteiger partial charge >= 0.3 is 0 Å². The number of likely N-dealkylation sites (tertiary alicyclic amines) is 1. The lowest BCUT2D eigenvalue weighted by Crippen LogP contribution is -2.42. The minimum atomic E-state index is -3.52. The smallest absolute Gasteiger partial charge is 0.256 e. The van der Waals surface area contributed by atoms with E-state index in [0.29, 0.717) is 17.8 Å². The fraction of sp³-hybridized carbons (Fsp3) is 0.435. The van der Waals surface area contributed by atoms with Crippen molar-refractivity contribution in [2.75, 3.05) is 17.5 Å². The quantitative estimate of drug-likeness (QED) is 0.648. The van der Waals surface area contributed by atoms with Crippen LogP contribution in [0.25, 0.3) is 5.65 Å². The third-order valence-electron chi connectivity index (χ3n) is 6.10. The van der Waals surface area contributed by atoms with Gasteiger partial charge in [0.2, 0.25) is 10.0 Å². The number of sulfonamides is 1. The maximum Gasteiger partial charge on any atom is 0.256 e. The average Bonchev–Trinajstić information content (AvgIpc) is 3.10. The number of aromatic nitrogens is 3. The summed E-state index contributed by atoms with van der Waals surface area (Å²) in [6.45, 7) is 8.56. The normalized spacial score (nSPS) is 19.3. The Labute approximate surface area is 188 Å². The third-order valence-corrected chi connectivity index (χ3v) is 6.69. The van der Waals surface area contributed by atoms with E-state index in [1.165, 1.54) is 0 Å². The molecule has 0 spiro atoms. The molecule has 2 aromatic heterocycles. The molecule has 9 heteroatoms. The van der Waals surface area contributed by atoms with Gasteiger partial charge in [0.25, 0.3) is 5.91 Å². The summed E-state index contributed by atoms with van der Waals surface area (Å²) in [4.78, 5) is 20.2. The van der Waals surface area contributed by atoms with Gasteiger partial charge in [-0.15, -0.1) is 0 Å². The Bertz CT molecular complexity index is 1260. The van der Waals surface area contributed by atoms with E-state index in [1.54, 1.807) is 22.7 Å². The number of piperidine rings is 1. The maximum atomic E-state index is 13.8. The van der Waals surface area contributed by atoms with Crippen LogP contribution in [0.4, 0.5) is 5.69 Å². The number of rotatable bonds is 4. The van der Waals surface area contributed by atoms with Crippen molar-refractivity contribution in [3.05, 3.63) is 58.5 Å². The van der Waals surface area contributed by atoms with E-state index in [-0.39, 0.29) is 17.9 Å². The predicted molar refractivity (Wildman–Crippen MR) is 124 cm³/mol. The van der Waals surface area contributed by atoms with Gasteiger partial charge in [0, 0.05) is 24.5 Å². The zero-order valence-corrected chi connectivity index (χ0v) is 19.9. The van der Waals surface area contributed by atoms with Gasteiger partial charge in [0.15, 0.2) is 5.65 Å². The van der Waals surface area contributed by atoms with Crippen molar-refractivity contribution in [3.8, 4) is 0 Å². The van der Waals surface area contributed by atoms with Crippen molar-refractivity contribution in [1.29, 1.82) is 0 Å². The van der Waals surface area contributed by atoms with Crippen molar-refractivity contribution in [3.63, 3.8) is 0 Å². The number of hydrogen-bond donors (Lipinski definition) is 1. The summed E-state index contributed by atoms with van der Waals surface area (Å²) in [7, 11) is -3.52. The highest BCUT2D eigenvalue weighted by Crippen LogP contribution is 2.37. The Kier molecular flexibility index (Phi) is 5.70. The van der Waals surface area contributed by atoms with Crippen molar-refractivity contribution in [2.45, 2.75) is 46.6 Å². The van der Waals surface area contributed by atoms with E-state index >= 15 is 0 Å². The second kappa shape index (κ2) is 8.20. The first-order chi connectivity index (χ1) is 15.0. The van der Waals surface area contributed by atoms with E-state index in [9.17, 15) is 13.2 Å². The third kappa shape index (κ3) is 4.34. The van der Waals surface area contributed by atoms with E-state index < -0.39 is 10.0 Å². The van der Waals surface area contributed by atoms with Crippen molar-refractivity contribution in [1.82, 2.24) is 19.5 Å². The maximum absolute atomic E-state index is 13.8. The first-order valence-corrected chi connectivity index (χ1v) is 12.7. The Morgan fingerprint density at radius 3 is 2.66 bits per heavy atom. The van der Waals surface area contributed by atoms with Gasteiger partial charge in [-0.05, 0) is 57.2 Å². The fourth-order valence-electron chi connectivity index (χ4n) is 4.41. The molecule has 4 rings (SSSR count). The number of carbonyl (C=O) groups excluding carboxylic acids is 1. The summed E-state index contributed by atoms with van der Waals surface area (Å²) in [5.74, 6) is 0.00436. The van der Waals surface area contributed by atoms with Crippen LogP contribution in [0.3, 0.4) is 0 Å². The molecule has 1 saturated heterocycles. The number of hydrogen-bond acceptors (Lipinski definition) is 5. The van der Waals surface area contributed by atoms with Crippen LogP contribution in [0.5, 0.6) is 0 Å². The molecule has 1 aliphatic heterocycles. The summed E-state index contributed by atoms with van der Waals surface area (Å²) >= 11 is 0. The van der Waals surface area contributed by atoms with Crippen LogP contribution < -0.4 is 4.72 Å². The SMILES string of the molecule is Cc1ccc(NS(C)(=O)=O)c(C(=O)N2CCC[C@@H](C)[C@H]2c2cc3nc(C)c(C)cn3n2)c1. The minimum absolute atomic E-state index is 0.200. The molecule has 0 bridgehead atoms. The molecule has 2 atom stereocenters. The molecule has 0 aliphatic carbocycles. The molecule has 1 amide bonds. The number of anilines is 1. The van der Waals surface area contributed by atoms with Crippen LogP contribution in [0.2, 0.25) is 0 Å². The van der Waals surface area contributed by atoms with Crippen LogP contribution in [0.1, 0.15) is 58.7 Å². The molecule has 0 unspecified atom stereocenters. The largest absolute Gasteiger partial charge is 0.330 e. The summed E-state index contributed by atoms with van der Waals surface area (Å²) in [5, 5.41) is 4.76. The lowest BCUT2D eigenvalue weighted by atomic mass is 9.88. The van der Waals surface area contributed by atoms with Crippen LogP contribution in [-0.4, -0.2) is 46.6 Å². The zero-order valence-electron chi connectivity index (χ0n) is 19.1. The van der Waals surface area contributed by atoms with Gasteiger partial charge in [-0.2, -0.15) is 5.10 Å². The van der Waals surface area contributed by atoms with Gasteiger partial charge in [-0.3, -0.25) is 9.52 Å². The summed E-state index contributed by atoms with van der Waals surface area (Å²) in [5.41, 5.74) is 5.08. The fourth-order valence-corrected chi connectivity index (χ4v) is 4.99. The Balaban J connectivity index is 1.77. The van der Waals surface area contributed by atoms with Crippen LogP contribution in [-0.2, 0) is 10.0 Å². The molecule has 1 aliphatic rings. The number of carbonyl (C=O) groups is 1. The number of aryl methyl sites for hydroxylation is 3. The molecule has 0 radical (unpaired) electrons. The molecule has 0 saturated carbocycles. The van der Waals surface area contributed by atoms with Gasteiger partial charge in [-0.25, -0.2) is 17.9 Å². The minimum Gasteiger partial charge on any atom is -0.330 e. The molecule has 1 fully saturated rings. The average molecular weight is 456 g/mol. The van der Waals surface area contributed by atoms with Crippen molar-refractivity contribution < 1.29 is 13.2 Å². The van der Waals surface area contributed by atoms with Gasteiger partial charge in [-0.1, -0.05) is 18.6 Å². The van der Waals surface area contributed by atoms with Crippen LogP contribution >= 0.6 is 0 Å². The lowest BCUT2D eigenvalue weighted by Gasteiger charge is -2.39. The summed E-state index contributed by atoms with van der Waals surface area (Å²) in [6.07, 6.45) is 4.90. The number of amides is 1. The molecule has 1 N–H and O–H groups in total. The Hall–Kier alpha value is -2.94. The molecule has 32 heavy (non-hydrogen) atoms. The van der Waals surface area contributed by atoms with Crippen molar-refractivity contribution >= 4 is 27.3 Å². The predicted octanol–water partition coefficient (Wildman–Crippen LogP) is 3.64. The standard InChI is InChI=1S/C23H29N5O3S/c1-14-8-9-19(26-32(5,30)31)18(11-14)23(29)27-10-6-7-15(2)22(27)20-12-21-24-17(4)16(3)13-28(21)25-20/h8-9,11-13,15,22,26H,6-7,10H2,1-5H3/t15-,22+/m1/s1. The molecule has 1 aromatic carbocycles. The molecule has 8 nitrogen and oxygen atoms in total. The first kappa shape index (κ1) is 22.3. The Morgan fingerprint density at radius 1 is 1.19 bits per heavy atom. The first-order valence-electron chi connectivity index (χ1n) is 10.8. The molecule has 3 aromatic rings. The highest BCUT2D eigenvalue weighted by Gasteiger charge is 2.36. The number of fused-ring (bicyclic) bond motifs is 1. The number of nitrogens with zero attached hydrogens (tertiary/aromatic N) is 4. The zero-order chi connectivity index (χ0) is 23.2. The van der Waals surface area contributed by atoms with Gasteiger partial charge < -0.3 is 4.90 Å². The van der Waals surface area contributed by atoms with E-state index in [4.69, 9.17) is 5.10 Å². The second-order valence-corrected chi connectivity index (χ2v) is 10.6. The van der Waals surface area contributed by atoms with E-state index in [1.807, 2.05) is 37.9 Å². The lowest BCUT2D eigenvalue weighted by molar-refractivity contribution is 0.0505. The van der Waals surface area contributed by atoms with Gasteiger partial charge in [0.05, 0.1) is 29.2 Å². The van der Waals surface area contributed by atoms with E-state index in [0.717, 1.165) is 47.3 Å². The van der Waals surface area contributed by atoms with Crippen LogP contribution in [0.15, 0.2) is 30.5 Å². The highest BCUT2D eigenvalue weighted by atomic mass is 32.2. The topological polar surface area (TPSA) is 96.7 Å². The van der Waals surface area contributed by atoms with Crippen LogP contribution in [0, 0.1) is 26.7 Å². The monoisotopic (exact) mass is 455 g/mol. The number of benzene rings is 1. The molecule has 170 valence electrons. The van der Waals surface area contributed by atoms with Gasteiger partial charge in [0.1, 0.15) is 0 Å². The second-order valence-electron chi connectivity index (χ2n) is 8.87. The molecular formula is C23H29N5O3S. The Morgan fingerprint density at radius 2 is 1.94 bits per heavy atom. The van der Waals surface area contributed by atoms with E-state index in [2.05, 4.69) is 16.6 Å². The summed E-state index contributed by atoms with van der Waals surface area (Å²) in [6, 6.07) is 6.91. The molecular weight excluding hydrogens is 426 g/mol. The highest BCUT2D eigenvalue weighted by molar-refractivity contribution is 7.92. The summed E-state index contributed by atoms with van der Waals surface area (Å²) < 4.78 is 28.0. The van der Waals surface area contributed by atoms with Crippen molar-refractivity contribution in [2.24, 2.45) is 5.92 Å². The molecule has 3 heterocycles. The number of nitrogens with one attached hydrogen (secondary N) is 1.